The van der Waals surface area contributed by atoms with Gasteiger partial charge in [-0.15, -0.1) is 0 Å². The molecule has 0 saturated heterocycles. The Hall–Kier alpha value is -2.00. The summed E-state index contributed by atoms with van der Waals surface area (Å²) >= 11 is 0. The van der Waals surface area contributed by atoms with E-state index < -0.39 is 0 Å². The Morgan fingerprint density at radius 1 is 1.17 bits per heavy atom. The zero-order valence-electron chi connectivity index (χ0n) is 10.3. The van der Waals surface area contributed by atoms with Crippen LogP contribution >= 0.6 is 0 Å². The highest BCUT2D eigenvalue weighted by atomic mass is 16.5. The van der Waals surface area contributed by atoms with E-state index in [0.29, 0.717) is 6.42 Å². The number of nitrogens with two attached hydrogens (primary N) is 1. The lowest BCUT2D eigenvalue weighted by molar-refractivity contribution is 0.410. The lowest BCUT2D eigenvalue weighted by Crippen LogP contribution is -2.13. The maximum atomic E-state index is 9.82. The fourth-order valence-corrected chi connectivity index (χ4v) is 1.91. The minimum atomic E-state index is -0.135. The average molecular weight is 243 g/mol. The van der Waals surface area contributed by atoms with Gasteiger partial charge in [-0.05, 0) is 35.7 Å². The highest BCUT2D eigenvalue weighted by Crippen LogP contribution is 2.26. The SMILES string of the molecule is COc1ccc(O)c(CC(N)c2ccccc2)c1. The van der Waals surface area contributed by atoms with Crippen LogP contribution in [0.25, 0.3) is 0 Å². The van der Waals surface area contributed by atoms with E-state index in [2.05, 4.69) is 0 Å². The van der Waals surface area contributed by atoms with Crippen molar-refractivity contribution in [2.45, 2.75) is 12.5 Å². The smallest absolute Gasteiger partial charge is 0.119 e. The van der Waals surface area contributed by atoms with E-state index in [0.717, 1.165) is 16.9 Å². The Labute approximate surface area is 107 Å². The Balaban J connectivity index is 2.18. The largest absolute Gasteiger partial charge is 0.508 e. The molecule has 3 N–H and O–H groups in total. The van der Waals surface area contributed by atoms with Crippen LogP contribution < -0.4 is 10.5 Å². The van der Waals surface area contributed by atoms with Crippen molar-refractivity contribution in [1.29, 1.82) is 0 Å². The van der Waals surface area contributed by atoms with Crippen molar-refractivity contribution in [2.75, 3.05) is 7.11 Å². The average Bonchev–Trinajstić information content (AvgIpc) is 2.42. The van der Waals surface area contributed by atoms with Gasteiger partial charge in [-0.3, -0.25) is 0 Å². The lowest BCUT2D eigenvalue weighted by Gasteiger charge is -2.14. The van der Waals surface area contributed by atoms with Crippen LogP contribution in [-0.4, -0.2) is 12.2 Å². The van der Waals surface area contributed by atoms with Crippen LogP contribution in [0.4, 0.5) is 0 Å². The second-order valence-electron chi connectivity index (χ2n) is 4.22. The summed E-state index contributed by atoms with van der Waals surface area (Å²) in [5.74, 6) is 0.977. The summed E-state index contributed by atoms with van der Waals surface area (Å²) in [7, 11) is 1.60. The number of phenols is 1. The molecular formula is C15H17NO2. The summed E-state index contributed by atoms with van der Waals surface area (Å²) < 4.78 is 5.15. The Morgan fingerprint density at radius 2 is 1.89 bits per heavy atom. The van der Waals surface area contributed by atoms with Crippen LogP contribution in [0.2, 0.25) is 0 Å². The molecular weight excluding hydrogens is 226 g/mol. The van der Waals surface area contributed by atoms with Gasteiger partial charge in [0.1, 0.15) is 11.5 Å². The van der Waals surface area contributed by atoms with E-state index in [1.807, 2.05) is 36.4 Å². The number of phenolic OH excluding ortho intramolecular Hbond substituents is 1. The Bertz CT molecular complexity index is 511. The number of rotatable bonds is 4. The highest BCUT2D eigenvalue weighted by Gasteiger charge is 2.10. The summed E-state index contributed by atoms with van der Waals surface area (Å²) in [6, 6.07) is 14.9. The van der Waals surface area contributed by atoms with Crippen LogP contribution in [0.3, 0.4) is 0 Å². The van der Waals surface area contributed by atoms with E-state index in [-0.39, 0.29) is 11.8 Å². The molecule has 18 heavy (non-hydrogen) atoms. The third kappa shape index (κ3) is 2.81. The Kier molecular flexibility index (Phi) is 3.85. The van der Waals surface area contributed by atoms with Crippen LogP contribution in [0, 0.1) is 0 Å². The van der Waals surface area contributed by atoms with E-state index in [1.165, 1.54) is 0 Å². The number of ether oxygens (including phenoxy) is 1. The molecule has 2 aromatic rings. The zero-order valence-corrected chi connectivity index (χ0v) is 10.3. The first kappa shape index (κ1) is 12.5. The molecule has 0 aromatic heterocycles. The quantitative estimate of drug-likeness (QED) is 0.868. The van der Waals surface area contributed by atoms with Gasteiger partial charge in [-0.2, -0.15) is 0 Å². The second kappa shape index (κ2) is 5.56. The summed E-state index contributed by atoms with van der Waals surface area (Å²) in [6.07, 6.45) is 0.576. The predicted octanol–water partition coefficient (Wildman–Crippen LogP) is 2.64. The standard InChI is InChI=1S/C15H17NO2/c1-18-13-7-8-15(17)12(9-13)10-14(16)11-5-3-2-4-6-11/h2-9,14,17H,10,16H2,1H3. The first-order valence-electron chi connectivity index (χ1n) is 5.87. The fraction of sp³-hybridized carbons (Fsp3) is 0.200. The van der Waals surface area contributed by atoms with Crippen molar-refractivity contribution in [3.63, 3.8) is 0 Å². The van der Waals surface area contributed by atoms with Gasteiger partial charge < -0.3 is 15.6 Å². The van der Waals surface area contributed by atoms with Crippen molar-refractivity contribution in [2.24, 2.45) is 5.73 Å². The van der Waals surface area contributed by atoms with Crippen molar-refractivity contribution in [3.8, 4) is 11.5 Å². The number of hydrogen-bond donors (Lipinski definition) is 2. The van der Waals surface area contributed by atoms with Gasteiger partial charge in [0.15, 0.2) is 0 Å². The first-order chi connectivity index (χ1) is 8.70. The van der Waals surface area contributed by atoms with E-state index in [4.69, 9.17) is 10.5 Å². The highest BCUT2D eigenvalue weighted by molar-refractivity contribution is 5.40. The van der Waals surface area contributed by atoms with E-state index in [1.54, 1.807) is 19.2 Å². The lowest BCUT2D eigenvalue weighted by atomic mass is 9.99. The zero-order chi connectivity index (χ0) is 13.0. The van der Waals surface area contributed by atoms with E-state index in [9.17, 15) is 5.11 Å². The first-order valence-corrected chi connectivity index (χ1v) is 5.87. The van der Waals surface area contributed by atoms with Crippen molar-refractivity contribution < 1.29 is 9.84 Å². The third-order valence-corrected chi connectivity index (χ3v) is 2.95. The molecule has 0 amide bonds. The van der Waals surface area contributed by atoms with E-state index >= 15 is 0 Å². The van der Waals surface area contributed by atoms with Crippen LogP contribution in [0.1, 0.15) is 17.2 Å². The summed E-state index contributed by atoms with van der Waals surface area (Å²) in [5, 5.41) is 9.82. The van der Waals surface area contributed by atoms with Crippen molar-refractivity contribution >= 4 is 0 Å². The summed E-state index contributed by atoms with van der Waals surface area (Å²) in [6.45, 7) is 0. The molecule has 0 aliphatic rings. The minimum Gasteiger partial charge on any atom is -0.508 e. The van der Waals surface area contributed by atoms with Crippen molar-refractivity contribution in [1.82, 2.24) is 0 Å². The van der Waals surface area contributed by atoms with Gasteiger partial charge in [-0.25, -0.2) is 0 Å². The van der Waals surface area contributed by atoms with Gasteiger partial charge in [0.05, 0.1) is 7.11 Å². The normalized spacial score (nSPS) is 12.1. The number of hydrogen-bond acceptors (Lipinski definition) is 3. The molecule has 1 atom stereocenters. The fourth-order valence-electron chi connectivity index (χ4n) is 1.91. The van der Waals surface area contributed by atoms with Gasteiger partial charge in [0.25, 0.3) is 0 Å². The third-order valence-electron chi connectivity index (χ3n) is 2.95. The van der Waals surface area contributed by atoms with Crippen LogP contribution in [0.5, 0.6) is 11.5 Å². The molecule has 1 unspecified atom stereocenters. The monoisotopic (exact) mass is 243 g/mol. The minimum absolute atomic E-state index is 0.135. The molecule has 0 bridgehead atoms. The number of benzene rings is 2. The molecule has 0 spiro atoms. The number of aromatic hydroxyl groups is 1. The molecule has 2 rings (SSSR count). The maximum Gasteiger partial charge on any atom is 0.119 e. The second-order valence-corrected chi connectivity index (χ2v) is 4.22. The van der Waals surface area contributed by atoms with Crippen LogP contribution in [0.15, 0.2) is 48.5 Å². The summed E-state index contributed by atoms with van der Waals surface area (Å²) in [5.41, 5.74) is 7.99. The predicted molar refractivity (Wildman–Crippen MR) is 71.7 cm³/mol. The topological polar surface area (TPSA) is 55.5 Å². The molecule has 0 radical (unpaired) electrons. The van der Waals surface area contributed by atoms with Crippen LogP contribution in [-0.2, 0) is 6.42 Å². The van der Waals surface area contributed by atoms with Gasteiger partial charge >= 0.3 is 0 Å². The molecule has 0 heterocycles. The molecule has 0 fully saturated rings. The molecule has 94 valence electrons. The van der Waals surface area contributed by atoms with Crippen molar-refractivity contribution in [3.05, 3.63) is 59.7 Å². The van der Waals surface area contributed by atoms with Gasteiger partial charge in [0.2, 0.25) is 0 Å². The molecule has 0 aliphatic carbocycles. The molecule has 0 aliphatic heterocycles. The molecule has 3 nitrogen and oxygen atoms in total. The molecule has 3 heteroatoms. The number of methoxy groups -OCH3 is 1. The van der Waals surface area contributed by atoms with Gasteiger partial charge in [0, 0.05) is 6.04 Å². The summed E-state index contributed by atoms with van der Waals surface area (Å²) in [4.78, 5) is 0. The molecule has 2 aromatic carbocycles. The molecule has 0 saturated carbocycles. The Morgan fingerprint density at radius 3 is 2.56 bits per heavy atom. The van der Waals surface area contributed by atoms with Gasteiger partial charge in [-0.1, -0.05) is 30.3 Å². The maximum absolute atomic E-state index is 9.82.